The number of hydrogen-bond donors (Lipinski definition) is 0. The highest BCUT2D eigenvalue weighted by molar-refractivity contribution is 5.83. The Bertz CT molecular complexity index is 530. The number of halogens is 1. The zero-order valence-electron chi connectivity index (χ0n) is 11.2. The highest BCUT2D eigenvalue weighted by atomic mass is 19.1. The van der Waals surface area contributed by atoms with Crippen LogP contribution in [0.2, 0.25) is 0 Å². The summed E-state index contributed by atoms with van der Waals surface area (Å²) in [5.74, 6) is 1.57. The molecular weight excluding hydrogens is 259 g/mol. The molecule has 0 aromatic carbocycles. The van der Waals surface area contributed by atoms with Gasteiger partial charge in [0.15, 0.2) is 5.82 Å². The van der Waals surface area contributed by atoms with Gasteiger partial charge in [0.05, 0.1) is 18.3 Å². The van der Waals surface area contributed by atoms with Crippen molar-refractivity contribution in [1.29, 1.82) is 0 Å². The number of amides is 1. The average Bonchev–Trinajstić information content (AvgIpc) is 3.08. The van der Waals surface area contributed by atoms with Crippen molar-refractivity contribution in [2.45, 2.75) is 12.8 Å². The van der Waals surface area contributed by atoms with Crippen molar-refractivity contribution in [3.8, 4) is 0 Å². The maximum absolute atomic E-state index is 12.8. The number of hydrogen-bond acceptors (Lipinski definition) is 4. The Hall–Kier alpha value is -1.72. The largest absolute Gasteiger partial charge is 0.342 e. The summed E-state index contributed by atoms with van der Waals surface area (Å²) in [5, 5.41) is 0. The fourth-order valence-electron chi connectivity index (χ4n) is 3.35. The van der Waals surface area contributed by atoms with Crippen LogP contribution < -0.4 is 4.90 Å². The minimum Gasteiger partial charge on any atom is -0.342 e. The number of anilines is 1. The summed E-state index contributed by atoms with van der Waals surface area (Å²) in [4.78, 5) is 24.4. The Morgan fingerprint density at radius 3 is 2.60 bits per heavy atom. The van der Waals surface area contributed by atoms with Gasteiger partial charge in [0, 0.05) is 32.1 Å². The van der Waals surface area contributed by atoms with E-state index in [2.05, 4.69) is 9.97 Å². The third-order valence-corrected chi connectivity index (χ3v) is 4.59. The molecule has 1 amide bonds. The van der Waals surface area contributed by atoms with E-state index in [4.69, 9.17) is 0 Å². The molecule has 2 aliphatic heterocycles. The number of aromatic nitrogens is 2. The van der Waals surface area contributed by atoms with Gasteiger partial charge in [-0.15, -0.1) is 0 Å². The van der Waals surface area contributed by atoms with E-state index in [1.165, 1.54) is 25.2 Å². The summed E-state index contributed by atoms with van der Waals surface area (Å²) in [6.45, 7) is 3.26. The second-order valence-electron chi connectivity index (χ2n) is 6.16. The van der Waals surface area contributed by atoms with Crippen LogP contribution >= 0.6 is 0 Å². The number of carbonyl (C=O) groups excluding carboxylic acids is 1. The Morgan fingerprint density at radius 2 is 1.95 bits per heavy atom. The molecule has 0 bridgehead atoms. The van der Waals surface area contributed by atoms with Gasteiger partial charge in [-0.2, -0.15) is 0 Å². The third kappa shape index (κ3) is 2.03. The quantitative estimate of drug-likeness (QED) is 0.824. The molecule has 3 heterocycles. The molecule has 0 N–H and O–H groups in total. The SMILES string of the molecule is O=C1[C@H]2CN(c3ncc(F)cn3)C[C@H]2CN1CC1CC1. The monoisotopic (exact) mass is 276 g/mol. The Morgan fingerprint density at radius 1 is 1.20 bits per heavy atom. The normalized spacial score (nSPS) is 29.1. The van der Waals surface area contributed by atoms with Gasteiger partial charge in [0.25, 0.3) is 0 Å². The van der Waals surface area contributed by atoms with Gasteiger partial charge in [0.2, 0.25) is 11.9 Å². The molecule has 3 aliphatic rings. The van der Waals surface area contributed by atoms with Crippen LogP contribution in [0.3, 0.4) is 0 Å². The highest BCUT2D eigenvalue weighted by Gasteiger charge is 2.47. The lowest BCUT2D eigenvalue weighted by molar-refractivity contribution is -0.130. The predicted molar refractivity (Wildman–Crippen MR) is 70.5 cm³/mol. The fraction of sp³-hybridized carbons (Fsp3) is 0.643. The van der Waals surface area contributed by atoms with Crippen molar-refractivity contribution in [3.63, 3.8) is 0 Å². The summed E-state index contributed by atoms with van der Waals surface area (Å²) in [6.07, 6.45) is 4.90. The molecule has 20 heavy (non-hydrogen) atoms. The first-order valence-corrected chi connectivity index (χ1v) is 7.22. The number of rotatable bonds is 3. The van der Waals surface area contributed by atoms with Crippen molar-refractivity contribution in [2.24, 2.45) is 17.8 Å². The molecule has 0 radical (unpaired) electrons. The first kappa shape index (κ1) is 12.1. The van der Waals surface area contributed by atoms with Gasteiger partial charge >= 0.3 is 0 Å². The molecule has 1 aromatic heterocycles. The molecule has 6 heteroatoms. The van der Waals surface area contributed by atoms with Crippen LogP contribution in [-0.2, 0) is 4.79 Å². The van der Waals surface area contributed by atoms with Gasteiger partial charge in [-0.05, 0) is 18.8 Å². The van der Waals surface area contributed by atoms with Crippen molar-refractivity contribution in [2.75, 3.05) is 31.1 Å². The van der Waals surface area contributed by atoms with E-state index in [0.29, 0.717) is 18.4 Å². The van der Waals surface area contributed by atoms with Gasteiger partial charge < -0.3 is 9.80 Å². The van der Waals surface area contributed by atoms with E-state index in [0.717, 1.165) is 25.6 Å². The second kappa shape index (κ2) is 4.40. The van der Waals surface area contributed by atoms with E-state index >= 15 is 0 Å². The van der Waals surface area contributed by atoms with E-state index in [1.807, 2.05) is 9.80 Å². The molecule has 2 atom stereocenters. The maximum Gasteiger partial charge on any atom is 0.227 e. The first-order valence-electron chi connectivity index (χ1n) is 7.22. The summed E-state index contributed by atoms with van der Waals surface area (Å²) in [7, 11) is 0. The fourth-order valence-corrected chi connectivity index (χ4v) is 3.35. The van der Waals surface area contributed by atoms with Crippen LogP contribution in [-0.4, -0.2) is 47.0 Å². The number of nitrogens with zero attached hydrogens (tertiary/aromatic N) is 4. The van der Waals surface area contributed by atoms with Crippen LogP contribution in [0, 0.1) is 23.6 Å². The van der Waals surface area contributed by atoms with E-state index in [-0.39, 0.29) is 11.8 Å². The summed E-state index contributed by atoms with van der Waals surface area (Å²) >= 11 is 0. The predicted octanol–water partition coefficient (Wildman–Crippen LogP) is 0.920. The summed E-state index contributed by atoms with van der Waals surface area (Å²) < 4.78 is 12.8. The van der Waals surface area contributed by atoms with Crippen molar-refractivity contribution in [1.82, 2.24) is 14.9 Å². The van der Waals surface area contributed by atoms with Crippen molar-refractivity contribution < 1.29 is 9.18 Å². The zero-order valence-corrected chi connectivity index (χ0v) is 11.2. The Balaban J connectivity index is 1.44. The minimum atomic E-state index is -0.431. The van der Waals surface area contributed by atoms with Gasteiger partial charge in [-0.3, -0.25) is 4.79 Å². The van der Waals surface area contributed by atoms with Crippen LogP contribution in [0.4, 0.5) is 10.3 Å². The maximum atomic E-state index is 12.8. The molecule has 1 aromatic rings. The Kier molecular flexibility index (Phi) is 2.65. The van der Waals surface area contributed by atoms with E-state index in [9.17, 15) is 9.18 Å². The molecule has 1 saturated carbocycles. The minimum absolute atomic E-state index is 0.0717. The number of carbonyl (C=O) groups is 1. The molecule has 1 aliphatic carbocycles. The molecule has 5 nitrogen and oxygen atoms in total. The molecule has 2 saturated heterocycles. The lowest BCUT2D eigenvalue weighted by Crippen LogP contribution is -2.34. The first-order chi connectivity index (χ1) is 9.70. The number of fused-ring (bicyclic) bond motifs is 1. The topological polar surface area (TPSA) is 49.3 Å². The summed E-state index contributed by atoms with van der Waals surface area (Å²) in [6, 6.07) is 0. The second-order valence-corrected chi connectivity index (χ2v) is 6.16. The zero-order chi connectivity index (χ0) is 13.7. The molecule has 0 spiro atoms. The van der Waals surface area contributed by atoms with Crippen LogP contribution in [0.25, 0.3) is 0 Å². The molecular formula is C14H17FN4O. The van der Waals surface area contributed by atoms with Gasteiger partial charge in [0.1, 0.15) is 0 Å². The number of likely N-dealkylation sites (tertiary alicyclic amines) is 1. The van der Waals surface area contributed by atoms with Crippen molar-refractivity contribution >= 4 is 11.9 Å². The molecule has 0 unspecified atom stereocenters. The molecule has 3 fully saturated rings. The molecule has 4 rings (SSSR count). The highest BCUT2D eigenvalue weighted by Crippen LogP contribution is 2.37. The lowest BCUT2D eigenvalue weighted by atomic mass is 10.0. The third-order valence-electron chi connectivity index (χ3n) is 4.59. The van der Waals surface area contributed by atoms with E-state index in [1.54, 1.807) is 0 Å². The smallest absolute Gasteiger partial charge is 0.227 e. The standard InChI is InChI=1S/C14H17FN4O/c15-11-3-16-14(17-4-11)19-7-10-6-18(5-9-1-2-9)13(20)12(10)8-19/h3-4,9-10,12H,1-2,5-8H2/t10-,12+/m1/s1. The molecule has 106 valence electrons. The average molecular weight is 276 g/mol. The van der Waals surface area contributed by atoms with Crippen LogP contribution in [0.5, 0.6) is 0 Å². The Labute approximate surface area is 116 Å². The van der Waals surface area contributed by atoms with Gasteiger partial charge in [-0.1, -0.05) is 0 Å². The van der Waals surface area contributed by atoms with Crippen molar-refractivity contribution in [3.05, 3.63) is 18.2 Å². The van der Waals surface area contributed by atoms with Crippen LogP contribution in [0.1, 0.15) is 12.8 Å². The van der Waals surface area contributed by atoms with Gasteiger partial charge in [-0.25, -0.2) is 14.4 Å². The summed E-state index contributed by atoms with van der Waals surface area (Å²) in [5.41, 5.74) is 0. The van der Waals surface area contributed by atoms with Crippen LogP contribution in [0.15, 0.2) is 12.4 Å². The van der Waals surface area contributed by atoms with E-state index < -0.39 is 5.82 Å². The lowest BCUT2D eigenvalue weighted by Gasteiger charge is -2.21.